The van der Waals surface area contributed by atoms with Crippen LogP contribution in [0.5, 0.6) is 0 Å². The van der Waals surface area contributed by atoms with Gasteiger partial charge in [-0.1, -0.05) is 55.8 Å². The molecule has 0 amide bonds. The summed E-state index contributed by atoms with van der Waals surface area (Å²) in [6.45, 7) is 12.9. The Morgan fingerprint density at radius 1 is 1.02 bits per heavy atom. The number of carboxylic acids is 1. The second kappa shape index (κ2) is 12.6. The van der Waals surface area contributed by atoms with E-state index >= 15 is 0 Å². The highest BCUT2D eigenvalue weighted by Gasteiger charge is 2.37. The van der Waals surface area contributed by atoms with E-state index in [0.29, 0.717) is 16.9 Å². The van der Waals surface area contributed by atoms with Crippen molar-refractivity contribution in [1.29, 1.82) is 0 Å². The molecule has 238 valence electrons. The Kier molecular flexibility index (Phi) is 8.72. The van der Waals surface area contributed by atoms with E-state index in [2.05, 4.69) is 60.4 Å². The van der Waals surface area contributed by atoms with Crippen LogP contribution in [0.25, 0.3) is 28.0 Å². The minimum Gasteiger partial charge on any atom is -0.479 e. The van der Waals surface area contributed by atoms with Gasteiger partial charge in [-0.05, 0) is 88.0 Å². The van der Waals surface area contributed by atoms with Gasteiger partial charge in [0.25, 0.3) is 0 Å². The van der Waals surface area contributed by atoms with Gasteiger partial charge in [-0.2, -0.15) is 9.61 Å². The molecule has 2 aromatic carbocycles. The van der Waals surface area contributed by atoms with Crippen LogP contribution in [0.4, 0.5) is 5.82 Å². The Balaban J connectivity index is 1.52. The number of anilines is 1. The Bertz CT molecular complexity index is 1680. The van der Waals surface area contributed by atoms with Gasteiger partial charge in [0, 0.05) is 37.0 Å². The number of hydrogen-bond acceptors (Lipinski definition) is 6. The third-order valence-electron chi connectivity index (χ3n) is 9.20. The predicted molar refractivity (Wildman–Crippen MR) is 178 cm³/mol. The van der Waals surface area contributed by atoms with E-state index in [4.69, 9.17) is 19.6 Å². The monoisotopic (exact) mass is 610 g/mol. The number of nitrogens with zero attached hydrogens (tertiary/aromatic N) is 4. The fraction of sp³-hybridized carbons (Fsp3) is 0.486. The number of fused-ring (bicyclic) bond motifs is 8. The van der Waals surface area contributed by atoms with Crippen molar-refractivity contribution in [2.24, 2.45) is 5.41 Å². The van der Waals surface area contributed by atoms with E-state index in [1.165, 1.54) is 11.1 Å². The molecule has 6 bridgehead atoms. The summed E-state index contributed by atoms with van der Waals surface area (Å²) in [6.07, 6.45) is 5.02. The molecular formula is C37H46N4O4. The number of rotatable bonds is 3. The maximum absolute atomic E-state index is 12.8. The van der Waals surface area contributed by atoms with Gasteiger partial charge in [-0.3, -0.25) is 0 Å². The fourth-order valence-electron chi connectivity index (χ4n) is 6.74. The van der Waals surface area contributed by atoms with Crippen LogP contribution in [0.1, 0.15) is 82.7 Å². The third kappa shape index (κ3) is 6.77. The van der Waals surface area contributed by atoms with Gasteiger partial charge in [-0.15, -0.1) is 0 Å². The highest BCUT2D eigenvalue weighted by molar-refractivity contribution is 5.79. The summed E-state index contributed by atoms with van der Waals surface area (Å²) < 4.78 is 14.3. The summed E-state index contributed by atoms with van der Waals surface area (Å²) >= 11 is 0. The number of piperidine rings is 1. The number of aromatic nitrogens is 3. The van der Waals surface area contributed by atoms with Crippen molar-refractivity contribution >= 4 is 17.4 Å². The standard InChI is InChI=1S/C37H46N4O4/c1-25-32(33(35(42)43)45-36(2,3)4)34-40-19-17-37(5,18-20-40)24-44-21-10-6-7-12-26-13-8-9-16-29(26)27-14-11-15-28(22-27)30-23-31(38-25)41(34)39-30/h8-9,11,13-16,22-23,33H,6-7,10,12,17-21,24H2,1-5H3,(H,42,43)/t33-/m0/s1. The maximum atomic E-state index is 12.8. The van der Waals surface area contributed by atoms with E-state index in [9.17, 15) is 9.90 Å². The van der Waals surface area contributed by atoms with Gasteiger partial charge in [0.1, 0.15) is 5.82 Å². The average Bonchev–Trinajstić information content (AvgIpc) is 3.42. The van der Waals surface area contributed by atoms with E-state index in [0.717, 1.165) is 87.5 Å². The molecular weight excluding hydrogens is 564 g/mol. The SMILES string of the molecule is Cc1nc2cc3nn2c(c1[C@H](OC(C)(C)C)C(=O)O)N1CCC(C)(CC1)COCCCCCc1ccccc1-c1cccc-3c1. The highest BCUT2D eigenvalue weighted by atomic mass is 16.5. The minimum absolute atomic E-state index is 0.0570. The van der Waals surface area contributed by atoms with Crippen LogP contribution in [0.2, 0.25) is 0 Å². The second-order valence-electron chi connectivity index (χ2n) is 14.1. The van der Waals surface area contributed by atoms with Crippen molar-refractivity contribution in [3.8, 4) is 22.4 Å². The van der Waals surface area contributed by atoms with Crippen molar-refractivity contribution in [2.45, 2.75) is 84.8 Å². The van der Waals surface area contributed by atoms with Gasteiger partial charge in [-0.25, -0.2) is 9.78 Å². The number of ether oxygens (including phenoxy) is 2. The van der Waals surface area contributed by atoms with Crippen LogP contribution in [-0.4, -0.2) is 57.6 Å². The largest absolute Gasteiger partial charge is 0.479 e. The number of carboxylic acid groups (broad SMARTS) is 1. The van der Waals surface area contributed by atoms with Crippen LogP contribution in [0.3, 0.4) is 0 Å². The zero-order valence-electron chi connectivity index (χ0n) is 27.3. The van der Waals surface area contributed by atoms with E-state index in [-0.39, 0.29) is 5.41 Å². The summed E-state index contributed by atoms with van der Waals surface area (Å²) in [5.74, 6) is -0.287. The number of carbonyl (C=O) groups is 1. The van der Waals surface area contributed by atoms with E-state index < -0.39 is 17.7 Å². The van der Waals surface area contributed by atoms with Crippen molar-refractivity contribution < 1.29 is 19.4 Å². The average molecular weight is 611 g/mol. The molecule has 1 fully saturated rings. The Hall–Kier alpha value is -3.75. The summed E-state index contributed by atoms with van der Waals surface area (Å²) in [6, 6.07) is 19.2. The van der Waals surface area contributed by atoms with Gasteiger partial charge < -0.3 is 19.5 Å². The quantitative estimate of drug-likeness (QED) is 0.255. The lowest BCUT2D eigenvalue weighted by Crippen LogP contribution is -2.43. The lowest BCUT2D eigenvalue weighted by atomic mass is 9.81. The molecule has 0 unspecified atom stereocenters. The molecule has 0 radical (unpaired) electrons. The molecule has 7 rings (SSSR count). The second-order valence-corrected chi connectivity index (χ2v) is 14.1. The van der Waals surface area contributed by atoms with Crippen LogP contribution in [0.15, 0.2) is 54.6 Å². The Labute approximate surface area is 266 Å². The minimum atomic E-state index is -1.19. The van der Waals surface area contributed by atoms with Crippen molar-refractivity contribution in [3.63, 3.8) is 0 Å². The summed E-state index contributed by atoms with van der Waals surface area (Å²) in [4.78, 5) is 20.0. The third-order valence-corrected chi connectivity index (χ3v) is 9.20. The predicted octanol–water partition coefficient (Wildman–Crippen LogP) is 7.66. The first-order chi connectivity index (χ1) is 21.5. The molecule has 1 saturated heterocycles. The lowest BCUT2D eigenvalue weighted by Gasteiger charge is -2.41. The maximum Gasteiger partial charge on any atom is 0.337 e. The summed E-state index contributed by atoms with van der Waals surface area (Å²) in [7, 11) is 0. The number of aliphatic carboxylic acids is 1. The summed E-state index contributed by atoms with van der Waals surface area (Å²) in [5, 5.41) is 15.6. The van der Waals surface area contributed by atoms with Crippen molar-refractivity contribution in [3.05, 3.63) is 71.4 Å². The zero-order valence-corrected chi connectivity index (χ0v) is 27.3. The lowest BCUT2D eigenvalue weighted by molar-refractivity contribution is -0.160. The molecule has 0 spiro atoms. The first-order valence-electron chi connectivity index (χ1n) is 16.3. The van der Waals surface area contributed by atoms with Crippen LogP contribution < -0.4 is 4.90 Å². The molecule has 4 aromatic rings. The van der Waals surface area contributed by atoms with Gasteiger partial charge >= 0.3 is 5.97 Å². The number of benzene rings is 2. The normalized spacial score (nSPS) is 18.1. The molecule has 0 aliphatic carbocycles. The molecule has 1 N–H and O–H groups in total. The van der Waals surface area contributed by atoms with Crippen LogP contribution in [0, 0.1) is 12.3 Å². The van der Waals surface area contributed by atoms with Gasteiger partial charge in [0.2, 0.25) is 0 Å². The first-order valence-corrected chi connectivity index (χ1v) is 16.3. The topological polar surface area (TPSA) is 89.2 Å². The molecule has 5 heterocycles. The fourth-order valence-corrected chi connectivity index (χ4v) is 6.74. The molecule has 45 heavy (non-hydrogen) atoms. The molecule has 0 saturated carbocycles. The van der Waals surface area contributed by atoms with E-state index in [1.807, 2.05) is 38.3 Å². The van der Waals surface area contributed by atoms with Gasteiger partial charge in [0.05, 0.1) is 23.5 Å². The van der Waals surface area contributed by atoms with E-state index in [1.54, 1.807) is 0 Å². The Morgan fingerprint density at radius 3 is 2.53 bits per heavy atom. The van der Waals surface area contributed by atoms with Crippen molar-refractivity contribution in [2.75, 3.05) is 31.2 Å². The molecule has 3 aliphatic heterocycles. The number of hydrogen-bond donors (Lipinski definition) is 1. The smallest absolute Gasteiger partial charge is 0.337 e. The zero-order chi connectivity index (χ0) is 31.8. The summed E-state index contributed by atoms with van der Waals surface area (Å²) in [5.41, 5.74) is 6.81. The number of aryl methyl sites for hydroxylation is 2. The van der Waals surface area contributed by atoms with Crippen LogP contribution in [-0.2, 0) is 20.7 Å². The Morgan fingerprint density at radius 2 is 1.78 bits per heavy atom. The van der Waals surface area contributed by atoms with Crippen LogP contribution >= 0.6 is 0 Å². The molecule has 3 aliphatic rings. The van der Waals surface area contributed by atoms with Crippen molar-refractivity contribution in [1.82, 2.24) is 14.6 Å². The highest BCUT2D eigenvalue weighted by Crippen LogP contribution is 2.40. The first kappa shape index (κ1) is 31.2. The molecule has 8 heteroatoms. The molecule has 8 nitrogen and oxygen atoms in total. The molecule has 1 atom stereocenters. The molecule has 2 aromatic heterocycles. The van der Waals surface area contributed by atoms with Gasteiger partial charge in [0.15, 0.2) is 11.8 Å².